The van der Waals surface area contributed by atoms with E-state index in [1.807, 2.05) is 36.1 Å². The van der Waals surface area contributed by atoms with Crippen molar-refractivity contribution in [2.75, 3.05) is 6.54 Å². The van der Waals surface area contributed by atoms with Crippen molar-refractivity contribution in [2.24, 2.45) is 0 Å². The Hall–Kier alpha value is -1.64. The van der Waals surface area contributed by atoms with Crippen molar-refractivity contribution in [1.29, 1.82) is 0 Å². The van der Waals surface area contributed by atoms with Gasteiger partial charge in [0.05, 0.1) is 0 Å². The highest BCUT2D eigenvalue weighted by molar-refractivity contribution is 5.96. The van der Waals surface area contributed by atoms with Crippen molar-refractivity contribution >= 4 is 11.7 Å². The van der Waals surface area contributed by atoms with Crippen LogP contribution in [0.25, 0.3) is 0 Å². The summed E-state index contributed by atoms with van der Waals surface area (Å²) in [5.74, 6) is 0.223. The van der Waals surface area contributed by atoms with E-state index in [1.54, 1.807) is 6.92 Å². The average molecular weight is 245 g/mol. The van der Waals surface area contributed by atoms with Gasteiger partial charge in [0.25, 0.3) is 5.91 Å². The third kappa shape index (κ3) is 2.61. The summed E-state index contributed by atoms with van der Waals surface area (Å²) in [5, 5.41) is 0. The van der Waals surface area contributed by atoms with Gasteiger partial charge in [0.15, 0.2) is 0 Å². The van der Waals surface area contributed by atoms with Gasteiger partial charge in [-0.15, -0.1) is 0 Å². The Bertz CT molecular complexity index is 467. The standard InChI is InChI=1S/C15H19NO2/c1-11-6-3-4-8-14(11)15(18)16-9-5-7-13(16)10-12(2)17/h3-4,6,8,13H,5,7,9-10H2,1-2H3. The molecule has 96 valence electrons. The first kappa shape index (κ1) is 12.8. The van der Waals surface area contributed by atoms with Crippen LogP contribution in [0.2, 0.25) is 0 Å². The molecular weight excluding hydrogens is 226 g/mol. The van der Waals surface area contributed by atoms with Gasteiger partial charge in [0.2, 0.25) is 0 Å². The molecule has 1 amide bonds. The lowest BCUT2D eigenvalue weighted by molar-refractivity contribution is -0.117. The fourth-order valence-corrected chi connectivity index (χ4v) is 2.61. The average Bonchev–Trinajstić information content (AvgIpc) is 2.76. The molecular formula is C15H19NO2. The first-order chi connectivity index (χ1) is 8.59. The van der Waals surface area contributed by atoms with Crippen LogP contribution in [0.4, 0.5) is 0 Å². The van der Waals surface area contributed by atoms with Crippen LogP contribution in [-0.4, -0.2) is 29.2 Å². The summed E-state index contributed by atoms with van der Waals surface area (Å²) in [6, 6.07) is 7.72. The molecule has 1 heterocycles. The van der Waals surface area contributed by atoms with Crippen LogP contribution in [-0.2, 0) is 4.79 Å². The second-order valence-electron chi connectivity index (χ2n) is 5.02. The molecule has 0 spiro atoms. The molecule has 3 nitrogen and oxygen atoms in total. The van der Waals surface area contributed by atoms with Gasteiger partial charge in [-0.05, 0) is 38.3 Å². The molecule has 0 radical (unpaired) electrons. The Labute approximate surface area is 108 Å². The number of amides is 1. The number of ketones is 1. The molecule has 0 bridgehead atoms. The zero-order valence-electron chi connectivity index (χ0n) is 11.0. The molecule has 1 aliphatic heterocycles. The van der Waals surface area contributed by atoms with Gasteiger partial charge >= 0.3 is 0 Å². The van der Waals surface area contributed by atoms with Crippen molar-refractivity contribution in [1.82, 2.24) is 4.90 Å². The number of rotatable bonds is 3. The lowest BCUT2D eigenvalue weighted by Crippen LogP contribution is -2.36. The number of hydrogen-bond acceptors (Lipinski definition) is 2. The molecule has 2 rings (SSSR count). The van der Waals surface area contributed by atoms with Gasteiger partial charge < -0.3 is 4.90 Å². The van der Waals surface area contributed by atoms with Crippen LogP contribution >= 0.6 is 0 Å². The van der Waals surface area contributed by atoms with E-state index in [2.05, 4.69) is 0 Å². The van der Waals surface area contributed by atoms with Crippen molar-refractivity contribution in [3.63, 3.8) is 0 Å². The zero-order chi connectivity index (χ0) is 13.1. The van der Waals surface area contributed by atoms with Crippen LogP contribution in [0, 0.1) is 6.92 Å². The van der Waals surface area contributed by atoms with E-state index in [1.165, 1.54) is 0 Å². The molecule has 18 heavy (non-hydrogen) atoms. The molecule has 0 aromatic heterocycles. The normalized spacial score (nSPS) is 19.0. The summed E-state index contributed by atoms with van der Waals surface area (Å²) >= 11 is 0. The zero-order valence-corrected chi connectivity index (χ0v) is 11.0. The minimum Gasteiger partial charge on any atom is -0.335 e. The number of likely N-dealkylation sites (tertiary alicyclic amines) is 1. The number of Topliss-reactive ketones (excluding diaryl/α,β-unsaturated/α-hetero) is 1. The Kier molecular flexibility index (Phi) is 3.80. The van der Waals surface area contributed by atoms with Gasteiger partial charge in [0.1, 0.15) is 5.78 Å². The summed E-state index contributed by atoms with van der Waals surface area (Å²) in [7, 11) is 0. The van der Waals surface area contributed by atoms with Crippen molar-refractivity contribution < 1.29 is 9.59 Å². The minimum absolute atomic E-state index is 0.0665. The molecule has 3 heteroatoms. The fourth-order valence-electron chi connectivity index (χ4n) is 2.61. The number of hydrogen-bond donors (Lipinski definition) is 0. The van der Waals surface area contributed by atoms with Crippen LogP contribution < -0.4 is 0 Å². The fraction of sp³-hybridized carbons (Fsp3) is 0.467. The van der Waals surface area contributed by atoms with E-state index in [9.17, 15) is 9.59 Å². The number of aryl methyl sites for hydroxylation is 1. The Balaban J connectivity index is 2.18. The highest BCUT2D eigenvalue weighted by Gasteiger charge is 2.30. The predicted octanol–water partition coefficient (Wildman–Crippen LogP) is 2.58. The largest absolute Gasteiger partial charge is 0.335 e. The van der Waals surface area contributed by atoms with Crippen molar-refractivity contribution in [3.8, 4) is 0 Å². The van der Waals surface area contributed by atoms with Crippen LogP contribution in [0.15, 0.2) is 24.3 Å². The van der Waals surface area contributed by atoms with E-state index >= 15 is 0 Å². The van der Waals surface area contributed by atoms with Gasteiger partial charge in [-0.2, -0.15) is 0 Å². The SMILES string of the molecule is CC(=O)CC1CCCN1C(=O)c1ccccc1C. The van der Waals surface area contributed by atoms with Gasteiger partial charge in [-0.1, -0.05) is 18.2 Å². The second kappa shape index (κ2) is 5.34. The van der Waals surface area contributed by atoms with Crippen LogP contribution in [0.5, 0.6) is 0 Å². The summed E-state index contributed by atoms with van der Waals surface area (Å²) in [4.78, 5) is 25.6. The number of carbonyl (C=O) groups is 2. The molecule has 0 saturated carbocycles. The number of benzene rings is 1. The molecule has 1 fully saturated rings. The molecule has 0 aliphatic carbocycles. The summed E-state index contributed by atoms with van der Waals surface area (Å²) in [6.45, 7) is 4.31. The summed E-state index contributed by atoms with van der Waals surface area (Å²) in [6.07, 6.45) is 2.42. The Morgan fingerprint density at radius 1 is 1.33 bits per heavy atom. The van der Waals surface area contributed by atoms with Gasteiger partial charge in [0, 0.05) is 24.6 Å². The smallest absolute Gasteiger partial charge is 0.254 e. The summed E-state index contributed by atoms with van der Waals surface area (Å²) < 4.78 is 0. The third-order valence-electron chi connectivity index (χ3n) is 3.54. The first-order valence-electron chi connectivity index (χ1n) is 6.45. The van der Waals surface area contributed by atoms with Crippen LogP contribution in [0.3, 0.4) is 0 Å². The van der Waals surface area contributed by atoms with E-state index < -0.39 is 0 Å². The highest BCUT2D eigenvalue weighted by atomic mass is 16.2. The third-order valence-corrected chi connectivity index (χ3v) is 3.54. The van der Waals surface area contributed by atoms with E-state index in [4.69, 9.17) is 0 Å². The molecule has 1 unspecified atom stereocenters. The number of carbonyl (C=O) groups excluding carboxylic acids is 2. The molecule has 1 atom stereocenters. The summed E-state index contributed by atoms with van der Waals surface area (Å²) in [5.41, 5.74) is 1.75. The maximum Gasteiger partial charge on any atom is 0.254 e. The topological polar surface area (TPSA) is 37.4 Å². The second-order valence-corrected chi connectivity index (χ2v) is 5.02. The Morgan fingerprint density at radius 2 is 2.06 bits per heavy atom. The first-order valence-corrected chi connectivity index (χ1v) is 6.45. The molecule has 1 saturated heterocycles. The van der Waals surface area contributed by atoms with Crippen LogP contribution in [0.1, 0.15) is 42.1 Å². The van der Waals surface area contributed by atoms with E-state index in [-0.39, 0.29) is 17.7 Å². The predicted molar refractivity (Wildman–Crippen MR) is 70.5 cm³/mol. The maximum absolute atomic E-state index is 12.5. The van der Waals surface area contributed by atoms with Crippen molar-refractivity contribution in [3.05, 3.63) is 35.4 Å². The lowest BCUT2D eigenvalue weighted by atomic mass is 10.1. The van der Waals surface area contributed by atoms with Gasteiger partial charge in [-0.25, -0.2) is 0 Å². The Morgan fingerprint density at radius 3 is 2.72 bits per heavy atom. The highest BCUT2D eigenvalue weighted by Crippen LogP contribution is 2.23. The number of nitrogens with zero attached hydrogens (tertiary/aromatic N) is 1. The molecule has 0 N–H and O–H groups in total. The molecule has 1 aromatic carbocycles. The quantitative estimate of drug-likeness (QED) is 0.820. The van der Waals surface area contributed by atoms with E-state index in [0.29, 0.717) is 6.42 Å². The molecule has 1 aliphatic rings. The van der Waals surface area contributed by atoms with Crippen molar-refractivity contribution in [2.45, 2.75) is 39.2 Å². The van der Waals surface area contributed by atoms with Gasteiger partial charge in [-0.3, -0.25) is 9.59 Å². The maximum atomic E-state index is 12.5. The monoisotopic (exact) mass is 245 g/mol. The van der Waals surface area contributed by atoms with E-state index in [0.717, 1.165) is 30.5 Å². The molecule has 1 aromatic rings. The lowest BCUT2D eigenvalue weighted by Gasteiger charge is -2.24. The minimum atomic E-state index is 0.0665.